The predicted octanol–water partition coefficient (Wildman–Crippen LogP) is 2.21. The number of carbonyl (C=O) groups excluding carboxylic acids is 7. The molecule has 2 aliphatic rings. The minimum Gasteiger partial charge on any atom is -0.380 e. The van der Waals surface area contributed by atoms with Crippen molar-refractivity contribution in [3.63, 3.8) is 0 Å². The van der Waals surface area contributed by atoms with Crippen LogP contribution in [0, 0.1) is 11.8 Å². The van der Waals surface area contributed by atoms with Crippen molar-refractivity contribution in [1.82, 2.24) is 0 Å². The average Bonchev–Trinajstić information content (AvgIpc) is 3.30. The fraction of sp³-hybridized carbons (Fsp3) is 0.321. The first kappa shape index (κ1) is 26.1. The summed E-state index contributed by atoms with van der Waals surface area (Å²) in [5.41, 5.74) is 6.04. The molecule has 4 atom stereocenters. The second-order valence-corrected chi connectivity index (χ2v) is 9.26. The molecule has 2 N–H and O–H groups in total. The SMILES string of the molecule is CCCC(=O)C1C(=O)c2ccc(C(=O)c3ccc4c(c3)C(=O)C(C(=O)C(N)C(C)OC)C4=O)cc2C1=O. The van der Waals surface area contributed by atoms with Crippen LogP contribution in [0.15, 0.2) is 36.4 Å². The number of ketones is 7. The Kier molecular flexibility index (Phi) is 6.94. The highest BCUT2D eigenvalue weighted by Crippen LogP contribution is 2.32. The monoisotopic (exact) mass is 503 g/mol. The molecule has 2 aromatic rings. The van der Waals surface area contributed by atoms with Crippen LogP contribution in [0.25, 0.3) is 0 Å². The summed E-state index contributed by atoms with van der Waals surface area (Å²) >= 11 is 0. The molecular weight excluding hydrogens is 478 g/mol. The molecule has 0 saturated heterocycles. The van der Waals surface area contributed by atoms with Gasteiger partial charge in [-0.2, -0.15) is 0 Å². The third kappa shape index (κ3) is 4.20. The standard InChI is InChI=1S/C28H25NO8/c1-4-5-19(30)20-24(32)15-8-6-13(10-17(15)26(20)34)23(31)14-7-9-16-18(11-14)27(35)21(25(16)33)28(36)22(29)12(2)37-3/h6-12,20-22H,4-5,29H2,1-3H3. The van der Waals surface area contributed by atoms with Crippen LogP contribution in [0.5, 0.6) is 0 Å². The first-order chi connectivity index (χ1) is 17.5. The third-order valence-corrected chi connectivity index (χ3v) is 6.98. The molecule has 0 bridgehead atoms. The van der Waals surface area contributed by atoms with Gasteiger partial charge in [0.25, 0.3) is 0 Å². The summed E-state index contributed by atoms with van der Waals surface area (Å²) in [5, 5.41) is 0. The number of fused-ring (bicyclic) bond motifs is 2. The first-order valence-electron chi connectivity index (χ1n) is 11.9. The summed E-state index contributed by atoms with van der Waals surface area (Å²) < 4.78 is 5.04. The molecule has 0 aromatic heterocycles. The molecule has 0 spiro atoms. The van der Waals surface area contributed by atoms with E-state index in [1.165, 1.54) is 43.5 Å². The lowest BCUT2D eigenvalue weighted by Gasteiger charge is -2.19. The van der Waals surface area contributed by atoms with E-state index in [0.29, 0.717) is 6.42 Å². The summed E-state index contributed by atoms with van der Waals surface area (Å²) in [6.45, 7) is 3.32. The Morgan fingerprint density at radius 1 is 0.811 bits per heavy atom. The van der Waals surface area contributed by atoms with Crippen LogP contribution in [0.1, 0.15) is 84.0 Å². The van der Waals surface area contributed by atoms with Gasteiger partial charge in [-0.25, -0.2) is 0 Å². The molecule has 0 fully saturated rings. The molecule has 190 valence electrons. The highest BCUT2D eigenvalue weighted by atomic mass is 16.5. The highest BCUT2D eigenvalue weighted by molar-refractivity contribution is 6.37. The van der Waals surface area contributed by atoms with Gasteiger partial charge < -0.3 is 10.5 Å². The number of ether oxygens (including phenoxy) is 1. The Balaban J connectivity index is 1.63. The molecule has 0 aliphatic heterocycles. The summed E-state index contributed by atoms with van der Waals surface area (Å²) in [7, 11) is 1.36. The minimum absolute atomic E-state index is 0.00429. The largest absolute Gasteiger partial charge is 0.380 e. The van der Waals surface area contributed by atoms with Crippen LogP contribution < -0.4 is 5.73 Å². The van der Waals surface area contributed by atoms with Crippen LogP contribution in [0.4, 0.5) is 0 Å². The van der Waals surface area contributed by atoms with E-state index in [9.17, 15) is 33.6 Å². The number of hydrogen-bond acceptors (Lipinski definition) is 9. The van der Waals surface area contributed by atoms with E-state index < -0.39 is 64.5 Å². The van der Waals surface area contributed by atoms with Crippen LogP contribution >= 0.6 is 0 Å². The molecule has 4 unspecified atom stereocenters. The van der Waals surface area contributed by atoms with Crippen molar-refractivity contribution in [1.29, 1.82) is 0 Å². The van der Waals surface area contributed by atoms with E-state index in [0.717, 1.165) is 0 Å². The third-order valence-electron chi connectivity index (χ3n) is 6.98. The summed E-state index contributed by atoms with van der Waals surface area (Å²) in [6.07, 6.45) is -0.109. The van der Waals surface area contributed by atoms with E-state index >= 15 is 0 Å². The van der Waals surface area contributed by atoms with E-state index in [1.807, 2.05) is 0 Å². The lowest BCUT2D eigenvalue weighted by Crippen LogP contribution is -2.47. The van der Waals surface area contributed by atoms with E-state index in [4.69, 9.17) is 10.5 Å². The molecule has 0 saturated carbocycles. The van der Waals surface area contributed by atoms with Gasteiger partial charge in [0.15, 0.2) is 40.5 Å². The Labute approximate surface area is 212 Å². The van der Waals surface area contributed by atoms with Crippen molar-refractivity contribution in [2.75, 3.05) is 7.11 Å². The summed E-state index contributed by atoms with van der Waals surface area (Å²) in [6, 6.07) is 6.71. The Bertz CT molecular complexity index is 1400. The van der Waals surface area contributed by atoms with Crippen molar-refractivity contribution in [2.24, 2.45) is 17.6 Å². The highest BCUT2D eigenvalue weighted by Gasteiger charge is 2.46. The van der Waals surface area contributed by atoms with Crippen LogP contribution in [0.3, 0.4) is 0 Å². The predicted molar refractivity (Wildman–Crippen MR) is 130 cm³/mol. The van der Waals surface area contributed by atoms with E-state index in [1.54, 1.807) is 13.8 Å². The van der Waals surface area contributed by atoms with Crippen molar-refractivity contribution in [2.45, 2.75) is 38.8 Å². The number of nitrogens with two attached hydrogens (primary N) is 1. The van der Waals surface area contributed by atoms with E-state index in [2.05, 4.69) is 0 Å². The number of Topliss-reactive ketones (excluding diaryl/α,β-unsaturated/α-hetero) is 6. The smallest absolute Gasteiger partial charge is 0.193 e. The van der Waals surface area contributed by atoms with Crippen molar-refractivity contribution in [3.8, 4) is 0 Å². The van der Waals surface area contributed by atoms with Gasteiger partial charge in [0.2, 0.25) is 0 Å². The Morgan fingerprint density at radius 3 is 1.76 bits per heavy atom. The number of methoxy groups -OCH3 is 1. The van der Waals surface area contributed by atoms with Crippen LogP contribution in [0.2, 0.25) is 0 Å². The van der Waals surface area contributed by atoms with Crippen LogP contribution in [-0.4, -0.2) is 59.7 Å². The maximum atomic E-state index is 13.2. The first-order valence-corrected chi connectivity index (χ1v) is 11.9. The van der Waals surface area contributed by atoms with E-state index in [-0.39, 0.29) is 39.8 Å². The van der Waals surface area contributed by atoms with Crippen molar-refractivity contribution < 1.29 is 38.3 Å². The molecule has 2 aromatic carbocycles. The topological polar surface area (TPSA) is 155 Å². The molecule has 0 radical (unpaired) electrons. The van der Waals surface area contributed by atoms with Gasteiger partial charge in [-0.15, -0.1) is 0 Å². The molecule has 4 rings (SSSR count). The number of rotatable bonds is 9. The zero-order valence-corrected chi connectivity index (χ0v) is 20.5. The normalized spacial score (nSPS) is 20.0. The molecule has 0 amide bonds. The van der Waals surface area contributed by atoms with Crippen molar-refractivity contribution in [3.05, 3.63) is 69.8 Å². The lowest BCUT2D eigenvalue weighted by molar-refractivity contribution is -0.124. The summed E-state index contributed by atoms with van der Waals surface area (Å²) in [5.74, 6) is -7.40. The van der Waals surface area contributed by atoms with Gasteiger partial charge in [0.05, 0.1) is 12.1 Å². The Hall–Kier alpha value is -3.95. The number of carbonyl (C=O) groups is 7. The maximum absolute atomic E-state index is 13.2. The number of hydrogen-bond donors (Lipinski definition) is 1. The van der Waals surface area contributed by atoms with Gasteiger partial charge in [0.1, 0.15) is 11.8 Å². The second-order valence-electron chi connectivity index (χ2n) is 9.26. The van der Waals surface area contributed by atoms with Crippen LogP contribution in [-0.2, 0) is 14.3 Å². The lowest BCUT2D eigenvalue weighted by atomic mass is 9.91. The minimum atomic E-state index is -1.60. The number of benzene rings is 2. The maximum Gasteiger partial charge on any atom is 0.193 e. The molecule has 9 nitrogen and oxygen atoms in total. The fourth-order valence-corrected chi connectivity index (χ4v) is 4.75. The summed E-state index contributed by atoms with van der Waals surface area (Å²) in [4.78, 5) is 89.5. The van der Waals surface area contributed by atoms with Gasteiger partial charge in [-0.3, -0.25) is 33.6 Å². The van der Waals surface area contributed by atoms with Gasteiger partial charge in [-0.1, -0.05) is 19.1 Å². The fourth-order valence-electron chi connectivity index (χ4n) is 4.75. The average molecular weight is 504 g/mol. The quantitative estimate of drug-likeness (QED) is 0.400. The molecule has 37 heavy (non-hydrogen) atoms. The zero-order chi connectivity index (χ0) is 27.2. The van der Waals surface area contributed by atoms with Gasteiger partial charge in [-0.05, 0) is 37.6 Å². The van der Waals surface area contributed by atoms with Gasteiger partial charge >= 0.3 is 0 Å². The Morgan fingerprint density at radius 2 is 1.27 bits per heavy atom. The molecule has 9 heteroatoms. The van der Waals surface area contributed by atoms with Gasteiger partial charge in [0, 0.05) is 46.9 Å². The van der Waals surface area contributed by atoms with Crippen molar-refractivity contribution >= 4 is 40.5 Å². The molecular formula is C28H25NO8. The molecule has 0 heterocycles. The second kappa shape index (κ2) is 9.84. The zero-order valence-electron chi connectivity index (χ0n) is 20.5. The molecule has 2 aliphatic carbocycles.